The number of hydrogen-bond acceptors (Lipinski definition) is 6. The van der Waals surface area contributed by atoms with Gasteiger partial charge in [-0.3, -0.25) is 9.69 Å². The molecule has 0 radical (unpaired) electrons. The molecule has 3 heterocycles. The van der Waals surface area contributed by atoms with Gasteiger partial charge >= 0.3 is 12.4 Å². The van der Waals surface area contributed by atoms with E-state index in [0.717, 1.165) is 24.4 Å². The number of piperazine rings is 1. The Kier molecular flexibility index (Phi) is 7.15. The largest absolute Gasteiger partial charge is 0.433 e. The number of aromatic nitrogens is 2. The van der Waals surface area contributed by atoms with Crippen LogP contribution in [-0.2, 0) is 22.7 Å². The van der Waals surface area contributed by atoms with Crippen LogP contribution in [0.2, 0.25) is 0 Å². The number of amides is 1. The number of benzene rings is 1. The van der Waals surface area contributed by atoms with E-state index in [2.05, 4.69) is 9.97 Å². The highest BCUT2D eigenvalue weighted by Gasteiger charge is 2.38. The first kappa shape index (κ1) is 26.1. The van der Waals surface area contributed by atoms with Crippen LogP contribution in [0.5, 0.6) is 0 Å². The molecule has 1 aromatic heterocycles. The molecule has 0 spiro atoms. The van der Waals surface area contributed by atoms with Crippen LogP contribution in [0.1, 0.15) is 29.7 Å². The molecule has 1 aromatic carbocycles. The van der Waals surface area contributed by atoms with Crippen LogP contribution >= 0.6 is 0 Å². The lowest BCUT2D eigenvalue weighted by Crippen LogP contribution is -2.52. The van der Waals surface area contributed by atoms with Crippen LogP contribution < -0.4 is 4.90 Å². The number of anilines is 1. The number of alkyl halides is 6. The van der Waals surface area contributed by atoms with Crippen LogP contribution in [0, 0.1) is 0 Å². The monoisotopic (exact) mass is 517 g/mol. The van der Waals surface area contributed by atoms with Gasteiger partial charge in [-0.1, -0.05) is 12.1 Å². The Morgan fingerprint density at radius 1 is 0.944 bits per heavy atom. The van der Waals surface area contributed by atoms with E-state index in [1.54, 1.807) is 9.80 Å². The standard InChI is InChI=1S/C23H25F6N5O2/c24-22(25,26)17-3-1-2-16(14-17)21(36)5-8-33(9-6-21)19(35)15-32-10-12-34(13-11-32)20-30-7-4-18(31-20)23(27,28)29/h1-4,7,14,36H,5-6,8-13,15H2. The molecule has 1 amide bonds. The molecule has 2 aliphatic heterocycles. The summed E-state index contributed by atoms with van der Waals surface area (Å²) in [4.78, 5) is 25.4. The molecule has 2 aromatic rings. The molecule has 196 valence electrons. The second-order valence-corrected chi connectivity index (χ2v) is 8.99. The molecular weight excluding hydrogens is 492 g/mol. The topological polar surface area (TPSA) is 72.8 Å². The fourth-order valence-corrected chi connectivity index (χ4v) is 4.46. The molecule has 1 N–H and O–H groups in total. The fraction of sp³-hybridized carbons (Fsp3) is 0.522. The van der Waals surface area contributed by atoms with Gasteiger partial charge in [-0.2, -0.15) is 26.3 Å². The molecule has 2 aliphatic rings. The van der Waals surface area contributed by atoms with E-state index in [9.17, 15) is 36.2 Å². The molecule has 13 heteroatoms. The number of piperidine rings is 1. The molecular formula is C23H25F6N5O2. The van der Waals surface area contributed by atoms with Crippen molar-refractivity contribution >= 4 is 11.9 Å². The van der Waals surface area contributed by atoms with Crippen molar-refractivity contribution in [3.63, 3.8) is 0 Å². The van der Waals surface area contributed by atoms with Gasteiger partial charge in [0.1, 0.15) is 5.69 Å². The van der Waals surface area contributed by atoms with E-state index in [1.807, 2.05) is 4.90 Å². The van der Waals surface area contributed by atoms with Gasteiger partial charge in [0, 0.05) is 45.5 Å². The van der Waals surface area contributed by atoms with Gasteiger partial charge in [0.05, 0.1) is 17.7 Å². The van der Waals surface area contributed by atoms with Gasteiger partial charge in [0.15, 0.2) is 0 Å². The zero-order valence-corrected chi connectivity index (χ0v) is 19.2. The number of carbonyl (C=O) groups excluding carboxylic acids is 1. The van der Waals surface area contributed by atoms with Crippen molar-refractivity contribution in [1.29, 1.82) is 0 Å². The minimum atomic E-state index is -4.56. The Hall–Kier alpha value is -2.93. The maximum atomic E-state index is 13.0. The Balaban J connectivity index is 1.28. The lowest BCUT2D eigenvalue weighted by molar-refractivity contribution is -0.141. The van der Waals surface area contributed by atoms with Crippen molar-refractivity contribution in [3.05, 3.63) is 53.3 Å². The summed E-state index contributed by atoms with van der Waals surface area (Å²) in [5, 5.41) is 11.0. The summed E-state index contributed by atoms with van der Waals surface area (Å²) in [6, 6.07) is 5.43. The molecule has 0 saturated carbocycles. The average Bonchev–Trinajstić information content (AvgIpc) is 2.84. The Labute approximate surface area is 203 Å². The van der Waals surface area contributed by atoms with Gasteiger partial charge in [0.25, 0.3) is 0 Å². The van der Waals surface area contributed by atoms with Crippen LogP contribution in [0.15, 0.2) is 36.5 Å². The van der Waals surface area contributed by atoms with Gasteiger partial charge in [-0.25, -0.2) is 9.97 Å². The van der Waals surface area contributed by atoms with Crippen molar-refractivity contribution in [2.24, 2.45) is 0 Å². The number of rotatable bonds is 4. The zero-order chi connectivity index (χ0) is 26.1. The molecule has 0 aliphatic carbocycles. The minimum Gasteiger partial charge on any atom is -0.385 e. The molecule has 7 nitrogen and oxygen atoms in total. The van der Waals surface area contributed by atoms with Gasteiger partial charge in [-0.05, 0) is 36.6 Å². The Bertz CT molecular complexity index is 1080. The summed E-state index contributed by atoms with van der Waals surface area (Å²) in [5.74, 6) is -0.189. The van der Waals surface area contributed by atoms with E-state index < -0.39 is 29.2 Å². The Morgan fingerprint density at radius 3 is 2.22 bits per heavy atom. The van der Waals surface area contributed by atoms with Crippen molar-refractivity contribution in [3.8, 4) is 0 Å². The van der Waals surface area contributed by atoms with Gasteiger partial charge in [0.2, 0.25) is 11.9 Å². The van der Waals surface area contributed by atoms with Crippen LogP contribution in [0.3, 0.4) is 0 Å². The van der Waals surface area contributed by atoms with Crippen molar-refractivity contribution in [2.45, 2.75) is 30.8 Å². The highest BCUT2D eigenvalue weighted by Crippen LogP contribution is 2.37. The highest BCUT2D eigenvalue weighted by atomic mass is 19.4. The number of likely N-dealkylation sites (tertiary alicyclic amines) is 1. The third-order valence-electron chi connectivity index (χ3n) is 6.62. The zero-order valence-electron chi connectivity index (χ0n) is 19.2. The fourth-order valence-electron chi connectivity index (χ4n) is 4.46. The van der Waals surface area contributed by atoms with E-state index in [0.29, 0.717) is 26.2 Å². The summed E-state index contributed by atoms with van der Waals surface area (Å²) < 4.78 is 77.8. The quantitative estimate of drug-likeness (QED) is 0.629. The van der Waals surface area contributed by atoms with Crippen LogP contribution in [0.25, 0.3) is 0 Å². The smallest absolute Gasteiger partial charge is 0.385 e. The number of carbonyl (C=O) groups is 1. The van der Waals surface area contributed by atoms with Crippen LogP contribution in [0.4, 0.5) is 32.3 Å². The molecule has 2 saturated heterocycles. The van der Waals surface area contributed by atoms with Crippen LogP contribution in [-0.4, -0.2) is 76.6 Å². The average molecular weight is 517 g/mol. The lowest BCUT2D eigenvalue weighted by Gasteiger charge is -2.40. The Morgan fingerprint density at radius 2 is 1.61 bits per heavy atom. The second kappa shape index (κ2) is 9.85. The van der Waals surface area contributed by atoms with Gasteiger partial charge in [-0.15, -0.1) is 0 Å². The SMILES string of the molecule is O=C(CN1CCN(c2nccc(C(F)(F)F)n2)CC1)N1CCC(O)(c2cccc(C(F)(F)F)c2)CC1. The summed E-state index contributed by atoms with van der Waals surface area (Å²) in [7, 11) is 0. The predicted molar refractivity (Wildman–Crippen MR) is 117 cm³/mol. The first-order valence-corrected chi connectivity index (χ1v) is 11.4. The van der Waals surface area contributed by atoms with E-state index in [-0.39, 0.29) is 49.9 Å². The van der Waals surface area contributed by atoms with Gasteiger partial charge < -0.3 is 14.9 Å². The molecule has 4 rings (SSSR count). The van der Waals surface area contributed by atoms with Crippen molar-refractivity contribution in [1.82, 2.24) is 19.8 Å². The third kappa shape index (κ3) is 5.89. The van der Waals surface area contributed by atoms with E-state index in [4.69, 9.17) is 0 Å². The number of halogens is 6. The molecule has 0 atom stereocenters. The van der Waals surface area contributed by atoms with Crippen molar-refractivity contribution in [2.75, 3.05) is 50.7 Å². The normalized spacial score (nSPS) is 19.4. The summed E-state index contributed by atoms with van der Waals surface area (Å²) in [5.41, 5.74) is -3.12. The molecule has 36 heavy (non-hydrogen) atoms. The highest BCUT2D eigenvalue weighted by molar-refractivity contribution is 5.78. The minimum absolute atomic E-state index is 0.0132. The first-order chi connectivity index (χ1) is 16.8. The number of aliphatic hydroxyl groups is 1. The number of hydrogen-bond donors (Lipinski definition) is 1. The molecule has 0 bridgehead atoms. The predicted octanol–water partition coefficient (Wildman–Crippen LogP) is 3.15. The summed E-state index contributed by atoms with van der Waals surface area (Å²) >= 11 is 0. The number of nitrogens with zero attached hydrogens (tertiary/aromatic N) is 5. The summed E-state index contributed by atoms with van der Waals surface area (Å²) in [6.07, 6.45) is -7.78. The first-order valence-electron chi connectivity index (χ1n) is 11.4. The lowest BCUT2D eigenvalue weighted by atomic mass is 9.83. The third-order valence-corrected chi connectivity index (χ3v) is 6.62. The second-order valence-electron chi connectivity index (χ2n) is 8.99. The molecule has 2 fully saturated rings. The summed E-state index contributed by atoms with van der Waals surface area (Å²) in [6.45, 7) is 2.04. The maximum Gasteiger partial charge on any atom is 0.433 e. The van der Waals surface area contributed by atoms with E-state index >= 15 is 0 Å². The van der Waals surface area contributed by atoms with E-state index in [1.165, 1.54) is 12.1 Å². The molecule has 0 unspecified atom stereocenters. The maximum absolute atomic E-state index is 13.0. The van der Waals surface area contributed by atoms with Crippen molar-refractivity contribution < 1.29 is 36.2 Å².